The lowest BCUT2D eigenvalue weighted by Gasteiger charge is -2.23. The first kappa shape index (κ1) is 12.5. The van der Waals surface area contributed by atoms with Crippen LogP contribution in [-0.4, -0.2) is 21.7 Å². The van der Waals surface area contributed by atoms with Crippen molar-refractivity contribution in [2.75, 3.05) is 5.32 Å². The van der Waals surface area contributed by atoms with E-state index in [1.165, 1.54) is 6.20 Å². The molecule has 6 heteroatoms. The first-order chi connectivity index (χ1) is 10.9. The minimum Gasteiger partial charge on any atom is -0.453 e. The summed E-state index contributed by atoms with van der Waals surface area (Å²) in [4.78, 5) is 11.6. The van der Waals surface area contributed by atoms with E-state index >= 15 is 0 Å². The second kappa shape index (κ2) is 4.92. The Labute approximate surface area is 125 Å². The molecule has 2 heterocycles. The number of benzene rings is 2. The number of para-hydroxylation sites is 2. The van der Waals surface area contributed by atoms with Crippen molar-refractivity contribution in [3.8, 4) is 22.8 Å². The Bertz CT molecular complexity index is 865. The number of aromatic nitrogens is 3. The summed E-state index contributed by atoms with van der Waals surface area (Å²) < 4.78 is 5.84. The predicted molar refractivity (Wildman–Crippen MR) is 80.4 cm³/mol. The van der Waals surface area contributed by atoms with E-state index in [-0.39, 0.29) is 0 Å². The van der Waals surface area contributed by atoms with Crippen LogP contribution in [0.1, 0.15) is 10.4 Å². The molecule has 0 amide bonds. The molecule has 22 heavy (non-hydrogen) atoms. The summed E-state index contributed by atoms with van der Waals surface area (Å²) in [5.74, 6) is 1.33. The van der Waals surface area contributed by atoms with Gasteiger partial charge in [-0.25, -0.2) is 0 Å². The van der Waals surface area contributed by atoms with Gasteiger partial charge in [0.25, 0.3) is 0 Å². The quantitative estimate of drug-likeness (QED) is 0.571. The Kier molecular flexibility index (Phi) is 2.79. The summed E-state index contributed by atoms with van der Waals surface area (Å²) in [6.07, 6.45) is 2.33. The molecule has 0 bridgehead atoms. The van der Waals surface area contributed by atoms with Gasteiger partial charge in [0, 0.05) is 5.56 Å². The van der Waals surface area contributed by atoms with Gasteiger partial charge in [0.1, 0.15) is 0 Å². The van der Waals surface area contributed by atoms with E-state index < -0.39 is 0 Å². The molecule has 3 aromatic rings. The summed E-state index contributed by atoms with van der Waals surface area (Å²) in [5, 5.41) is 14.5. The highest BCUT2D eigenvalue weighted by atomic mass is 16.5. The molecule has 1 aromatic heterocycles. The number of nitrogens with zero attached hydrogens (tertiary/aromatic N) is 3. The van der Waals surface area contributed by atoms with Crippen LogP contribution in [0.25, 0.3) is 11.3 Å². The molecule has 1 aliphatic heterocycles. The standard InChI is InChI=1S/C16H10N4O2/c21-9-11-10(12-7-8-17-20-19-12)5-6-15-16(11)18-13-3-1-2-4-14(13)22-15/h1-9,18H. The van der Waals surface area contributed by atoms with Crippen LogP contribution in [0, 0.1) is 0 Å². The molecule has 0 unspecified atom stereocenters. The fourth-order valence-electron chi connectivity index (χ4n) is 2.46. The highest BCUT2D eigenvalue weighted by Crippen LogP contribution is 2.45. The number of anilines is 2. The summed E-state index contributed by atoms with van der Waals surface area (Å²) in [6.45, 7) is 0. The van der Waals surface area contributed by atoms with E-state index in [0.717, 1.165) is 17.7 Å². The number of rotatable bonds is 2. The normalized spacial score (nSPS) is 11.6. The van der Waals surface area contributed by atoms with Crippen molar-refractivity contribution in [1.82, 2.24) is 15.4 Å². The van der Waals surface area contributed by atoms with E-state index in [1.54, 1.807) is 12.1 Å². The zero-order chi connectivity index (χ0) is 14.9. The van der Waals surface area contributed by atoms with Gasteiger partial charge in [-0.3, -0.25) is 4.79 Å². The molecule has 0 saturated heterocycles. The van der Waals surface area contributed by atoms with Gasteiger partial charge in [0.15, 0.2) is 17.8 Å². The maximum Gasteiger partial charge on any atom is 0.152 e. The summed E-state index contributed by atoms with van der Waals surface area (Å²) >= 11 is 0. The topological polar surface area (TPSA) is 77.0 Å². The summed E-state index contributed by atoms with van der Waals surface area (Å²) in [7, 11) is 0. The first-order valence-corrected chi connectivity index (χ1v) is 6.67. The van der Waals surface area contributed by atoms with Gasteiger partial charge in [-0.2, -0.15) is 0 Å². The Hall–Kier alpha value is -3.28. The lowest BCUT2D eigenvalue weighted by molar-refractivity contribution is 0.112. The van der Waals surface area contributed by atoms with Crippen molar-refractivity contribution in [2.24, 2.45) is 0 Å². The van der Waals surface area contributed by atoms with Crippen LogP contribution in [0.5, 0.6) is 11.5 Å². The fourth-order valence-corrected chi connectivity index (χ4v) is 2.46. The number of nitrogens with one attached hydrogen (secondary N) is 1. The highest BCUT2D eigenvalue weighted by Gasteiger charge is 2.22. The molecule has 0 aliphatic carbocycles. The van der Waals surface area contributed by atoms with Crippen LogP contribution in [0.3, 0.4) is 0 Å². The molecule has 1 aliphatic rings. The molecule has 1 N–H and O–H groups in total. The smallest absolute Gasteiger partial charge is 0.152 e. The van der Waals surface area contributed by atoms with Crippen molar-refractivity contribution in [3.05, 3.63) is 54.2 Å². The molecule has 0 spiro atoms. The van der Waals surface area contributed by atoms with Crippen LogP contribution >= 0.6 is 0 Å². The minimum atomic E-state index is 0.479. The van der Waals surface area contributed by atoms with Gasteiger partial charge in [0.2, 0.25) is 0 Å². The predicted octanol–water partition coefficient (Wildman–Crippen LogP) is 3.20. The van der Waals surface area contributed by atoms with Crippen molar-refractivity contribution < 1.29 is 9.53 Å². The van der Waals surface area contributed by atoms with Crippen molar-refractivity contribution >= 4 is 17.7 Å². The zero-order valence-corrected chi connectivity index (χ0v) is 11.4. The minimum absolute atomic E-state index is 0.479. The van der Waals surface area contributed by atoms with E-state index in [4.69, 9.17) is 4.74 Å². The Morgan fingerprint density at radius 3 is 2.77 bits per heavy atom. The number of carbonyl (C=O) groups is 1. The number of aldehydes is 1. The van der Waals surface area contributed by atoms with Gasteiger partial charge < -0.3 is 10.1 Å². The number of carbonyl (C=O) groups excluding carboxylic acids is 1. The second-order valence-electron chi connectivity index (χ2n) is 4.75. The van der Waals surface area contributed by atoms with Crippen molar-refractivity contribution in [1.29, 1.82) is 0 Å². The molecule has 4 rings (SSSR count). The maximum absolute atomic E-state index is 11.6. The molecule has 0 atom stereocenters. The molecule has 0 radical (unpaired) electrons. The zero-order valence-electron chi connectivity index (χ0n) is 11.4. The lowest BCUT2D eigenvalue weighted by Crippen LogP contribution is -2.07. The molecular formula is C16H10N4O2. The summed E-state index contributed by atoms with van der Waals surface area (Å²) in [5.41, 5.74) is 3.19. The molecule has 6 nitrogen and oxygen atoms in total. The monoisotopic (exact) mass is 290 g/mol. The third-order valence-corrected chi connectivity index (χ3v) is 3.47. The highest BCUT2D eigenvalue weighted by molar-refractivity contribution is 5.98. The van der Waals surface area contributed by atoms with Crippen molar-refractivity contribution in [3.63, 3.8) is 0 Å². The Morgan fingerprint density at radius 1 is 1.05 bits per heavy atom. The molecule has 0 saturated carbocycles. The Balaban J connectivity index is 1.89. The van der Waals surface area contributed by atoms with Crippen LogP contribution in [0.2, 0.25) is 0 Å². The van der Waals surface area contributed by atoms with Gasteiger partial charge in [0.05, 0.1) is 28.8 Å². The first-order valence-electron chi connectivity index (χ1n) is 6.67. The summed E-state index contributed by atoms with van der Waals surface area (Å²) in [6, 6.07) is 12.9. The number of hydrogen-bond donors (Lipinski definition) is 1. The van der Waals surface area contributed by atoms with Crippen LogP contribution in [-0.2, 0) is 0 Å². The molecular weight excluding hydrogens is 280 g/mol. The number of fused-ring (bicyclic) bond motifs is 2. The van der Waals surface area contributed by atoms with Crippen LogP contribution in [0.4, 0.5) is 11.4 Å². The second-order valence-corrected chi connectivity index (χ2v) is 4.75. The van der Waals surface area contributed by atoms with E-state index in [0.29, 0.717) is 28.3 Å². The van der Waals surface area contributed by atoms with E-state index in [1.807, 2.05) is 30.3 Å². The van der Waals surface area contributed by atoms with Crippen molar-refractivity contribution in [2.45, 2.75) is 0 Å². The molecule has 2 aromatic carbocycles. The average Bonchev–Trinajstić information content (AvgIpc) is 2.59. The van der Waals surface area contributed by atoms with E-state index in [9.17, 15) is 4.79 Å². The third kappa shape index (κ3) is 1.89. The van der Waals surface area contributed by atoms with E-state index in [2.05, 4.69) is 20.7 Å². The fraction of sp³-hybridized carbons (Fsp3) is 0. The molecule has 106 valence electrons. The van der Waals surface area contributed by atoms with Crippen LogP contribution < -0.4 is 10.1 Å². The van der Waals surface area contributed by atoms with Gasteiger partial charge in [-0.1, -0.05) is 12.1 Å². The van der Waals surface area contributed by atoms with Crippen LogP contribution in [0.15, 0.2) is 48.7 Å². The lowest BCUT2D eigenvalue weighted by atomic mass is 10.0. The third-order valence-electron chi connectivity index (χ3n) is 3.47. The van der Waals surface area contributed by atoms with Gasteiger partial charge >= 0.3 is 0 Å². The number of hydrogen-bond acceptors (Lipinski definition) is 6. The Morgan fingerprint density at radius 2 is 1.95 bits per heavy atom. The SMILES string of the molecule is O=Cc1c(-c2ccnnn2)ccc2c1Nc1ccccc1O2. The maximum atomic E-state index is 11.6. The largest absolute Gasteiger partial charge is 0.453 e. The van der Waals surface area contributed by atoms with Gasteiger partial charge in [-0.05, 0) is 35.5 Å². The van der Waals surface area contributed by atoms with Gasteiger partial charge in [-0.15, -0.1) is 10.2 Å². The number of ether oxygens (including phenoxy) is 1. The molecule has 0 fully saturated rings. The average molecular weight is 290 g/mol.